The number of allylic oxidation sites excluding steroid dienone is 2. The maximum Gasteiger partial charge on any atom is 0.164 e. The molecule has 0 fully saturated rings. The summed E-state index contributed by atoms with van der Waals surface area (Å²) in [5, 5.41) is 14.9. The van der Waals surface area contributed by atoms with Gasteiger partial charge in [-0.3, -0.25) is 9.78 Å². The van der Waals surface area contributed by atoms with Gasteiger partial charge >= 0.3 is 0 Å². The molecule has 0 amide bonds. The summed E-state index contributed by atoms with van der Waals surface area (Å²) in [7, 11) is 0. The van der Waals surface area contributed by atoms with E-state index in [1.807, 2.05) is 65.1 Å². The van der Waals surface area contributed by atoms with E-state index in [9.17, 15) is 9.90 Å². The fraction of sp³-hybridized carbons (Fsp3) is 0.440. The van der Waals surface area contributed by atoms with Crippen LogP contribution in [0.3, 0.4) is 0 Å². The van der Waals surface area contributed by atoms with Gasteiger partial charge in [-0.15, -0.1) is 40.5 Å². The zero-order valence-corrected chi connectivity index (χ0v) is 39.1. The summed E-state index contributed by atoms with van der Waals surface area (Å²) in [6.45, 7) is 27.9. The molecule has 0 spiro atoms. The van der Waals surface area contributed by atoms with Gasteiger partial charge in [-0.05, 0) is 98.1 Å². The third kappa shape index (κ3) is 9.09. The van der Waals surface area contributed by atoms with Crippen LogP contribution in [0.1, 0.15) is 123 Å². The average molecular weight is 949 g/mol. The number of aliphatic hydroxyl groups excluding tert-OH is 1. The van der Waals surface area contributed by atoms with E-state index in [1.54, 1.807) is 0 Å². The van der Waals surface area contributed by atoms with Gasteiger partial charge < -0.3 is 9.52 Å². The molecule has 56 heavy (non-hydrogen) atoms. The summed E-state index contributed by atoms with van der Waals surface area (Å²) in [5.74, 6) is 1.85. The normalized spacial score (nSPS) is 12.6. The van der Waals surface area contributed by atoms with Crippen LogP contribution >= 0.6 is 11.3 Å². The van der Waals surface area contributed by atoms with Crippen molar-refractivity contribution >= 4 is 48.9 Å². The van der Waals surface area contributed by atoms with Crippen LogP contribution in [-0.2, 0) is 36.7 Å². The SMILES string of the molecule is CCC(C)(CC)C(=O)/C=C(\O)C(C)(CC)CC.Cc1c(CC(C)C)sc2ccc(-c3oc4ccnc(-c5[c-]c6ccccc6c(C(C)(C)C)c5)c4c3C)cc12.[Ir]. The quantitative estimate of drug-likeness (QED) is 0.0798. The Hall–Kier alpha value is -3.57. The summed E-state index contributed by atoms with van der Waals surface area (Å²) >= 11 is 1.92. The maximum atomic E-state index is 12.2. The second-order valence-corrected chi connectivity index (χ2v) is 18.5. The van der Waals surface area contributed by atoms with Gasteiger partial charge in [-0.25, -0.2) is 0 Å². The molecule has 0 aliphatic heterocycles. The Morgan fingerprint density at radius 3 is 2.12 bits per heavy atom. The first-order valence-corrected chi connectivity index (χ1v) is 21.0. The molecule has 0 aliphatic rings. The molecule has 301 valence electrons. The van der Waals surface area contributed by atoms with E-state index >= 15 is 0 Å². The van der Waals surface area contributed by atoms with E-state index in [-0.39, 0.29) is 47.9 Å². The van der Waals surface area contributed by atoms with Crippen molar-refractivity contribution in [1.82, 2.24) is 4.98 Å². The van der Waals surface area contributed by atoms with Gasteiger partial charge in [0.1, 0.15) is 17.1 Å². The predicted octanol–water partition coefficient (Wildman–Crippen LogP) is 15.1. The number of ketones is 1. The van der Waals surface area contributed by atoms with Crippen molar-refractivity contribution in [3.8, 4) is 22.6 Å². The van der Waals surface area contributed by atoms with E-state index in [4.69, 9.17) is 9.40 Å². The average Bonchev–Trinajstić information content (AvgIpc) is 3.67. The molecule has 0 saturated heterocycles. The van der Waals surface area contributed by atoms with E-state index in [0.29, 0.717) is 5.92 Å². The molecule has 1 radical (unpaired) electrons. The summed E-state index contributed by atoms with van der Waals surface area (Å²) < 4.78 is 7.89. The number of carbonyl (C=O) groups is 1. The number of furan rings is 1. The van der Waals surface area contributed by atoms with Crippen molar-refractivity contribution in [2.24, 2.45) is 16.7 Å². The maximum absolute atomic E-state index is 12.2. The number of fused-ring (bicyclic) bond motifs is 3. The number of thiophene rings is 1. The number of benzene rings is 3. The molecule has 6 aromatic rings. The van der Waals surface area contributed by atoms with Crippen molar-refractivity contribution in [2.75, 3.05) is 0 Å². The van der Waals surface area contributed by atoms with Crippen LogP contribution in [0.4, 0.5) is 0 Å². The molecule has 0 aliphatic carbocycles. The summed E-state index contributed by atoms with van der Waals surface area (Å²) in [4.78, 5) is 18.5. The smallest absolute Gasteiger partial charge is 0.164 e. The van der Waals surface area contributed by atoms with Crippen LogP contribution in [0.5, 0.6) is 0 Å². The Bertz CT molecular complexity index is 2340. The van der Waals surface area contributed by atoms with Crippen LogP contribution in [0.25, 0.3) is 54.4 Å². The van der Waals surface area contributed by atoms with Crippen LogP contribution in [0, 0.1) is 36.7 Å². The number of rotatable bonds is 11. The molecular weight excluding hydrogens is 887 g/mol. The van der Waals surface area contributed by atoms with E-state index < -0.39 is 0 Å². The summed E-state index contributed by atoms with van der Waals surface area (Å²) in [6.07, 6.45) is 7.73. The van der Waals surface area contributed by atoms with Gasteiger partial charge in [-0.1, -0.05) is 105 Å². The van der Waals surface area contributed by atoms with Gasteiger partial charge in [0, 0.05) is 69.4 Å². The van der Waals surface area contributed by atoms with Crippen molar-refractivity contribution in [1.29, 1.82) is 0 Å². The standard InChI is InChI=1S/C35H34NOS.C15H28O2.Ir/c1-20(2)16-31-21(3)27-18-24(12-13-30(27)38-31)34-22(4)32-29(37-34)14-15-36-33(32)25-17-23-10-8-9-11-26(23)28(19-25)35(5,6)7;1-7-14(5,8-2)12(16)11-13(17)15(6,9-3)10-4;/h8-15,18-20H,16H2,1-7H3;11,16H,7-10H2,1-6H3;/q-1;;/b;12-11-;. The number of aromatic nitrogens is 1. The van der Waals surface area contributed by atoms with Crippen molar-refractivity contribution < 1.29 is 34.4 Å². The van der Waals surface area contributed by atoms with Gasteiger partial charge in [0.2, 0.25) is 0 Å². The van der Waals surface area contributed by atoms with Gasteiger partial charge in [0.25, 0.3) is 0 Å². The summed E-state index contributed by atoms with van der Waals surface area (Å²) in [5.41, 5.74) is 7.14. The number of hydrogen-bond donors (Lipinski definition) is 1. The van der Waals surface area contributed by atoms with Crippen molar-refractivity contribution in [2.45, 2.75) is 128 Å². The zero-order valence-electron chi connectivity index (χ0n) is 35.9. The number of hydrogen-bond acceptors (Lipinski definition) is 5. The molecule has 3 aromatic carbocycles. The minimum Gasteiger partial charge on any atom is -0.512 e. The van der Waals surface area contributed by atoms with Gasteiger partial charge in [-0.2, -0.15) is 0 Å². The number of aliphatic hydroxyl groups is 1. The largest absolute Gasteiger partial charge is 0.512 e. The molecule has 0 saturated carbocycles. The molecule has 6 rings (SSSR count). The Balaban J connectivity index is 0.000000330. The number of carbonyl (C=O) groups excluding carboxylic acids is 1. The Morgan fingerprint density at radius 1 is 0.875 bits per heavy atom. The second-order valence-electron chi connectivity index (χ2n) is 17.4. The zero-order chi connectivity index (χ0) is 40.5. The first-order valence-electron chi connectivity index (χ1n) is 20.2. The molecule has 0 bridgehead atoms. The number of nitrogens with zero attached hydrogens (tertiary/aromatic N) is 1. The van der Waals surface area contributed by atoms with Gasteiger partial charge in [0.05, 0.1) is 0 Å². The van der Waals surface area contributed by atoms with Crippen LogP contribution in [-0.4, -0.2) is 15.9 Å². The molecular formula is C50H62IrNO3S-. The van der Waals surface area contributed by atoms with E-state index in [0.717, 1.165) is 76.6 Å². The molecule has 3 aromatic heterocycles. The minimum absolute atomic E-state index is 0. The van der Waals surface area contributed by atoms with Crippen LogP contribution < -0.4 is 0 Å². The van der Waals surface area contributed by atoms with E-state index in [1.165, 1.54) is 37.6 Å². The Kier molecular flexibility index (Phi) is 14.4. The number of pyridine rings is 1. The molecule has 0 atom stereocenters. The fourth-order valence-electron chi connectivity index (χ4n) is 7.31. The van der Waals surface area contributed by atoms with Gasteiger partial charge in [0.15, 0.2) is 5.78 Å². The summed E-state index contributed by atoms with van der Waals surface area (Å²) in [6, 6.07) is 23.2. The van der Waals surface area contributed by atoms with Crippen molar-refractivity contribution in [3.63, 3.8) is 0 Å². The Morgan fingerprint density at radius 2 is 1.52 bits per heavy atom. The van der Waals surface area contributed by atoms with Crippen molar-refractivity contribution in [3.05, 3.63) is 100 Å². The first kappa shape index (κ1) is 45.1. The minimum atomic E-state index is -0.337. The molecule has 0 unspecified atom stereocenters. The third-order valence-electron chi connectivity index (χ3n) is 12.2. The third-order valence-corrected chi connectivity index (χ3v) is 13.5. The molecule has 6 heteroatoms. The van der Waals surface area contributed by atoms with Crippen LogP contribution in [0.15, 0.2) is 77.0 Å². The predicted molar refractivity (Wildman–Crippen MR) is 236 cm³/mol. The monoisotopic (exact) mass is 949 g/mol. The molecule has 3 heterocycles. The van der Waals surface area contributed by atoms with Crippen LogP contribution in [0.2, 0.25) is 0 Å². The Labute approximate surface area is 353 Å². The fourth-order valence-corrected chi connectivity index (χ4v) is 8.71. The first-order chi connectivity index (χ1) is 25.9. The molecule has 1 N–H and O–H groups in total. The molecule has 4 nitrogen and oxygen atoms in total. The topological polar surface area (TPSA) is 63.3 Å². The number of aryl methyl sites for hydroxylation is 2. The van der Waals surface area contributed by atoms with E-state index in [2.05, 4.69) is 103 Å². The second kappa shape index (κ2) is 17.9.